The predicted molar refractivity (Wildman–Crippen MR) is 93.4 cm³/mol. The van der Waals surface area contributed by atoms with Gasteiger partial charge in [-0.2, -0.15) is 0 Å². The predicted octanol–water partition coefficient (Wildman–Crippen LogP) is 3.75. The summed E-state index contributed by atoms with van der Waals surface area (Å²) >= 11 is 0. The minimum Gasteiger partial charge on any atom is -0.353 e. The van der Waals surface area contributed by atoms with Gasteiger partial charge in [-0.25, -0.2) is 8.78 Å². The van der Waals surface area contributed by atoms with Crippen molar-refractivity contribution in [2.75, 3.05) is 19.6 Å². The summed E-state index contributed by atoms with van der Waals surface area (Å²) in [4.78, 5) is 15.3. The van der Waals surface area contributed by atoms with Crippen molar-refractivity contribution in [3.63, 3.8) is 0 Å². The number of alkyl halides is 2. The summed E-state index contributed by atoms with van der Waals surface area (Å²) in [6.07, 6.45) is 12.1. The second-order valence-electron chi connectivity index (χ2n) is 8.91. The molecule has 0 radical (unpaired) electrons. The highest BCUT2D eigenvalue weighted by molar-refractivity contribution is 5.80. The van der Waals surface area contributed by atoms with Gasteiger partial charge in [0.05, 0.1) is 0 Å². The molecule has 3 fully saturated rings. The maximum atomic E-state index is 13.0. The second kappa shape index (κ2) is 6.64. The van der Waals surface area contributed by atoms with Gasteiger partial charge >= 0.3 is 0 Å². The van der Waals surface area contributed by atoms with Crippen LogP contribution in [-0.4, -0.2) is 42.4 Å². The van der Waals surface area contributed by atoms with E-state index in [0.29, 0.717) is 0 Å². The standard InChI is InChI=1S/C20H30F2N2O/c21-20(22)11-16(12-20)23-18(25)17-7-4-8-19(17)9-10-24(14-19)13-15-5-2-1-3-6-15/h1-2,15-17H,3-14H2,(H,23,25)/t15-,17+,19-/m1/s1. The summed E-state index contributed by atoms with van der Waals surface area (Å²) in [6.45, 7) is 3.26. The Labute approximate surface area is 149 Å². The zero-order valence-corrected chi connectivity index (χ0v) is 15.0. The number of nitrogens with one attached hydrogen (secondary N) is 1. The number of hydrogen-bond acceptors (Lipinski definition) is 2. The molecule has 1 aliphatic heterocycles. The molecular weight excluding hydrogens is 322 g/mol. The van der Waals surface area contributed by atoms with Crippen LogP contribution in [0, 0.1) is 17.3 Å². The van der Waals surface area contributed by atoms with E-state index in [1.165, 1.54) is 19.3 Å². The molecule has 2 saturated carbocycles. The van der Waals surface area contributed by atoms with Gasteiger partial charge in [0.2, 0.25) is 5.91 Å². The first kappa shape index (κ1) is 17.4. The molecular formula is C20H30F2N2O. The van der Waals surface area contributed by atoms with Gasteiger partial charge in [-0.05, 0) is 56.4 Å². The Morgan fingerprint density at radius 1 is 1.20 bits per heavy atom. The molecule has 0 aromatic heterocycles. The fraction of sp³-hybridized carbons (Fsp3) is 0.850. The van der Waals surface area contributed by atoms with Gasteiger partial charge in [-0.15, -0.1) is 0 Å². The lowest BCUT2D eigenvalue weighted by molar-refractivity contribution is -0.135. The highest BCUT2D eigenvalue weighted by Crippen LogP contribution is 2.50. The molecule has 0 bridgehead atoms. The number of amides is 1. The van der Waals surface area contributed by atoms with Crippen molar-refractivity contribution < 1.29 is 13.6 Å². The van der Waals surface area contributed by atoms with Crippen molar-refractivity contribution in [2.24, 2.45) is 17.3 Å². The molecule has 1 N–H and O–H groups in total. The summed E-state index contributed by atoms with van der Waals surface area (Å²) in [5, 5.41) is 2.91. The lowest BCUT2D eigenvalue weighted by atomic mass is 9.76. The van der Waals surface area contributed by atoms with Crippen LogP contribution in [0.4, 0.5) is 8.78 Å². The zero-order valence-electron chi connectivity index (χ0n) is 15.0. The topological polar surface area (TPSA) is 32.3 Å². The molecule has 3 nitrogen and oxygen atoms in total. The smallest absolute Gasteiger partial charge is 0.252 e. The molecule has 4 rings (SSSR count). The first-order valence-corrected chi connectivity index (χ1v) is 10.0. The fourth-order valence-electron chi connectivity index (χ4n) is 5.63. The van der Waals surface area contributed by atoms with Crippen molar-refractivity contribution in [3.8, 4) is 0 Å². The first-order valence-electron chi connectivity index (χ1n) is 10.0. The van der Waals surface area contributed by atoms with Crippen LogP contribution in [0.5, 0.6) is 0 Å². The van der Waals surface area contributed by atoms with Gasteiger partial charge in [-0.1, -0.05) is 18.6 Å². The van der Waals surface area contributed by atoms with E-state index in [-0.39, 0.29) is 36.1 Å². The van der Waals surface area contributed by atoms with Gasteiger partial charge in [0.15, 0.2) is 0 Å². The van der Waals surface area contributed by atoms with Gasteiger partial charge in [-0.3, -0.25) is 4.79 Å². The summed E-state index contributed by atoms with van der Waals surface area (Å²) in [5.41, 5.74) is 0.0981. The van der Waals surface area contributed by atoms with Crippen LogP contribution in [0.15, 0.2) is 12.2 Å². The van der Waals surface area contributed by atoms with Crippen LogP contribution in [0.25, 0.3) is 0 Å². The van der Waals surface area contributed by atoms with Crippen LogP contribution in [-0.2, 0) is 4.79 Å². The lowest BCUT2D eigenvalue weighted by Crippen LogP contribution is -2.53. The number of allylic oxidation sites excluding steroid dienone is 2. The molecule has 1 spiro atoms. The molecule has 3 aliphatic carbocycles. The van der Waals surface area contributed by atoms with Crippen molar-refractivity contribution in [2.45, 2.75) is 69.8 Å². The maximum Gasteiger partial charge on any atom is 0.252 e. The van der Waals surface area contributed by atoms with Gasteiger partial charge in [0.1, 0.15) is 0 Å². The second-order valence-corrected chi connectivity index (χ2v) is 8.91. The summed E-state index contributed by atoms with van der Waals surface area (Å²) in [5.74, 6) is -1.74. The average Bonchev–Trinajstić information content (AvgIpc) is 3.14. The van der Waals surface area contributed by atoms with E-state index >= 15 is 0 Å². The van der Waals surface area contributed by atoms with E-state index in [2.05, 4.69) is 22.4 Å². The monoisotopic (exact) mass is 352 g/mol. The van der Waals surface area contributed by atoms with Crippen molar-refractivity contribution in [1.82, 2.24) is 10.2 Å². The molecule has 5 heteroatoms. The van der Waals surface area contributed by atoms with E-state index in [1.807, 2.05) is 0 Å². The largest absolute Gasteiger partial charge is 0.353 e. The number of hydrogen-bond donors (Lipinski definition) is 1. The van der Waals surface area contributed by atoms with E-state index < -0.39 is 5.92 Å². The number of carbonyl (C=O) groups is 1. The Morgan fingerprint density at radius 3 is 2.76 bits per heavy atom. The minimum absolute atomic E-state index is 0.0259. The Morgan fingerprint density at radius 2 is 2.04 bits per heavy atom. The van der Waals surface area contributed by atoms with Crippen LogP contribution in [0.1, 0.15) is 57.8 Å². The summed E-state index contributed by atoms with van der Waals surface area (Å²) < 4.78 is 26.0. The Kier molecular flexibility index (Phi) is 4.63. The molecule has 1 heterocycles. The molecule has 3 atom stereocenters. The van der Waals surface area contributed by atoms with Crippen LogP contribution < -0.4 is 5.32 Å². The molecule has 0 aromatic rings. The SMILES string of the molecule is O=C(NC1CC(F)(F)C1)[C@@H]1CCC[C@]12CCN(C[C@@H]1CC=CCC1)C2. The van der Waals surface area contributed by atoms with Crippen molar-refractivity contribution in [1.29, 1.82) is 0 Å². The van der Waals surface area contributed by atoms with Crippen LogP contribution in [0.3, 0.4) is 0 Å². The minimum atomic E-state index is -2.57. The highest BCUT2D eigenvalue weighted by atomic mass is 19.3. The molecule has 1 amide bonds. The van der Waals surface area contributed by atoms with Gasteiger partial charge in [0.25, 0.3) is 5.92 Å². The van der Waals surface area contributed by atoms with Crippen molar-refractivity contribution >= 4 is 5.91 Å². The number of carbonyl (C=O) groups excluding carboxylic acids is 1. The number of halogens is 2. The summed E-state index contributed by atoms with van der Waals surface area (Å²) in [7, 11) is 0. The number of likely N-dealkylation sites (tertiary alicyclic amines) is 1. The molecule has 0 unspecified atom stereocenters. The van der Waals surface area contributed by atoms with Crippen molar-refractivity contribution in [3.05, 3.63) is 12.2 Å². The normalized spacial score (nSPS) is 38.2. The van der Waals surface area contributed by atoms with Crippen LogP contribution in [0.2, 0.25) is 0 Å². The quantitative estimate of drug-likeness (QED) is 0.782. The first-order chi connectivity index (χ1) is 12.0. The van der Waals surface area contributed by atoms with E-state index in [0.717, 1.165) is 51.2 Å². The third-order valence-corrected chi connectivity index (χ3v) is 7.02. The third kappa shape index (κ3) is 3.62. The average molecular weight is 352 g/mol. The summed E-state index contributed by atoms with van der Waals surface area (Å²) in [6, 6.07) is -0.313. The van der Waals surface area contributed by atoms with E-state index in [9.17, 15) is 13.6 Å². The van der Waals surface area contributed by atoms with Gasteiger partial charge in [0, 0.05) is 37.9 Å². The maximum absolute atomic E-state index is 13.0. The highest BCUT2D eigenvalue weighted by Gasteiger charge is 2.52. The molecule has 25 heavy (non-hydrogen) atoms. The van der Waals surface area contributed by atoms with E-state index in [4.69, 9.17) is 0 Å². The van der Waals surface area contributed by atoms with Crippen LogP contribution >= 0.6 is 0 Å². The van der Waals surface area contributed by atoms with E-state index in [1.54, 1.807) is 0 Å². The Balaban J connectivity index is 1.33. The number of nitrogens with zero attached hydrogens (tertiary/aromatic N) is 1. The Hall–Kier alpha value is -0.970. The molecule has 4 aliphatic rings. The lowest BCUT2D eigenvalue weighted by Gasteiger charge is -2.38. The van der Waals surface area contributed by atoms with Gasteiger partial charge < -0.3 is 10.2 Å². The Bertz CT molecular complexity index is 542. The third-order valence-electron chi connectivity index (χ3n) is 7.02. The molecule has 140 valence electrons. The number of rotatable bonds is 4. The molecule has 1 saturated heterocycles. The fourth-order valence-corrected chi connectivity index (χ4v) is 5.63. The zero-order chi connectivity index (χ0) is 17.5. The molecule has 0 aromatic carbocycles.